The highest BCUT2D eigenvalue weighted by Crippen LogP contribution is 2.47. The molecule has 7 N–H and O–H groups in total. The molecule has 0 unspecified atom stereocenters. The van der Waals surface area contributed by atoms with Crippen molar-refractivity contribution in [2.75, 3.05) is 25.6 Å². The minimum atomic E-state index is -4.89. The van der Waals surface area contributed by atoms with E-state index in [2.05, 4.69) is 66.7 Å². The van der Waals surface area contributed by atoms with Gasteiger partial charge < -0.3 is 53.5 Å². The lowest BCUT2D eigenvalue weighted by atomic mass is 9.94. The van der Waals surface area contributed by atoms with E-state index >= 15 is 0 Å². The third-order valence-corrected chi connectivity index (χ3v) is 22.5. The zero-order valence-corrected chi connectivity index (χ0v) is 66.3. The summed E-state index contributed by atoms with van der Waals surface area (Å²) in [5.74, 6) is -12.0. The largest absolute Gasteiger partial charge is 0.470 e. The lowest BCUT2D eigenvalue weighted by Crippen LogP contribution is -2.56. The van der Waals surface area contributed by atoms with Gasteiger partial charge >= 0.3 is 18.2 Å². The average molecular weight is 1800 g/mol. The van der Waals surface area contributed by atoms with Gasteiger partial charge in [-0.3, -0.25) is 14.8 Å². The highest BCUT2D eigenvalue weighted by atomic mass is 32.1. The van der Waals surface area contributed by atoms with Gasteiger partial charge in [0, 0.05) is 52.8 Å². The number of carbonyl (C=O) groups is 1. The number of thiazole rings is 2. The van der Waals surface area contributed by atoms with Gasteiger partial charge in [-0.25, -0.2) is 69.4 Å². The monoisotopic (exact) mass is 1800 g/mol. The van der Waals surface area contributed by atoms with E-state index in [-0.39, 0.29) is 77.8 Å². The van der Waals surface area contributed by atoms with Gasteiger partial charge in [0.05, 0.1) is 92.7 Å². The number of nitrogen functional groups attached to an aromatic ring is 1. The number of fused-ring (bicyclic) bond motifs is 4. The maximum absolute atomic E-state index is 14.1. The van der Waals surface area contributed by atoms with E-state index in [1.54, 1.807) is 48.6 Å². The fraction of sp³-hybridized carbons (Fsp3) is 0.304. The van der Waals surface area contributed by atoms with Crippen LogP contribution in [0.3, 0.4) is 0 Å². The number of aliphatic hydroxyl groups excluding tert-OH is 2. The number of nitrogens with zero attached hydrogens (tertiary/aromatic N) is 16. The quantitative estimate of drug-likeness (QED) is 0.0179. The van der Waals surface area contributed by atoms with E-state index < -0.39 is 180 Å². The topological polar surface area (TPSA) is 374 Å². The first kappa shape index (κ1) is 87.3. The van der Waals surface area contributed by atoms with Crippen molar-refractivity contribution in [1.29, 1.82) is 0 Å². The Bertz CT molecular complexity index is 6200. The number of aliphatic hydroxyl groups is 2. The van der Waals surface area contributed by atoms with Crippen molar-refractivity contribution in [3.8, 4) is 39.5 Å². The number of rotatable bonds is 13. The van der Waals surface area contributed by atoms with Gasteiger partial charge in [-0.2, -0.15) is 26.3 Å². The van der Waals surface area contributed by atoms with Crippen LogP contribution in [0.1, 0.15) is 107 Å². The minimum absolute atomic E-state index is 0.00737. The first-order chi connectivity index (χ1) is 60.3. The summed E-state index contributed by atoms with van der Waals surface area (Å²) in [5, 5.41) is 60.3. The molecule has 7 aromatic heterocycles. The Kier molecular flexibility index (Phi) is 25.0. The third kappa shape index (κ3) is 18.5. The summed E-state index contributed by atoms with van der Waals surface area (Å²) in [5.41, 5.74) is 11.6. The number of nitrogens with two attached hydrogens (primary N) is 2. The second kappa shape index (κ2) is 36.1. The minimum Gasteiger partial charge on any atom is -0.415 e. The lowest BCUT2D eigenvalue weighted by molar-refractivity contribution is -0.302. The molecule has 658 valence electrons. The van der Waals surface area contributed by atoms with Crippen LogP contribution in [-0.4, -0.2) is 159 Å². The molecule has 7 aromatic carbocycles. The normalized spacial score (nSPS) is 23.1. The molecule has 126 heavy (non-hydrogen) atoms. The highest BCUT2D eigenvalue weighted by Gasteiger charge is 2.51. The Balaban J connectivity index is 0.000000131. The van der Waals surface area contributed by atoms with Crippen LogP contribution in [0.25, 0.3) is 59.9 Å². The average Bonchev–Trinajstić information content (AvgIpc) is 1.61. The summed E-state index contributed by atoms with van der Waals surface area (Å²) >= 11 is 2.97. The molecule has 0 bridgehead atoms. The number of halogens is 15. The van der Waals surface area contributed by atoms with E-state index in [1.807, 2.05) is 61.5 Å². The van der Waals surface area contributed by atoms with Crippen LogP contribution in [0, 0.1) is 66.2 Å². The number of anilines is 1. The molecule has 47 heteroatoms. The lowest BCUT2D eigenvalue weighted by Gasteiger charge is -2.45. The molecule has 0 radical (unpaired) electrons. The van der Waals surface area contributed by atoms with Crippen molar-refractivity contribution < 1.29 is 118 Å². The fourth-order valence-corrected chi connectivity index (χ4v) is 16.5. The summed E-state index contributed by atoms with van der Waals surface area (Å²) in [7, 11) is 0. The number of benzene rings is 7. The maximum atomic E-state index is 14.1. The zero-order chi connectivity index (χ0) is 88.9. The first-order valence-corrected chi connectivity index (χ1v) is 39.5. The van der Waals surface area contributed by atoms with Crippen molar-refractivity contribution >= 4 is 54.7 Å². The van der Waals surface area contributed by atoms with Crippen molar-refractivity contribution in [1.82, 2.24) is 85.3 Å². The van der Waals surface area contributed by atoms with Gasteiger partial charge in [0.15, 0.2) is 70.8 Å². The molecule has 1 amide bonds. The predicted octanol–water partition coefficient (Wildman–Crippen LogP) is 13.6. The van der Waals surface area contributed by atoms with Crippen molar-refractivity contribution in [3.63, 3.8) is 0 Å². The van der Waals surface area contributed by atoms with Gasteiger partial charge in [0.2, 0.25) is 11.7 Å². The number of carbonyl (C=O) groups excluding carboxylic acids is 1. The third-order valence-electron chi connectivity index (χ3n) is 20.6. The van der Waals surface area contributed by atoms with Crippen LogP contribution in [0.2, 0.25) is 0 Å². The molecule has 30 nitrogen and oxygen atoms in total. The summed E-state index contributed by atoms with van der Waals surface area (Å²) in [6.07, 6.45) is -15.9. The molecule has 12 heterocycles. The molecular weight excluding hydrogens is 1740 g/mol. The molecule has 0 saturated carbocycles. The molecule has 0 spiro atoms. The number of alkyl halides is 6. The number of nitrogens with one attached hydrogen (secondary N) is 1. The van der Waals surface area contributed by atoms with Crippen LogP contribution in [0.4, 0.5) is 71.5 Å². The number of aryl methyl sites for hydroxylation is 2. The van der Waals surface area contributed by atoms with Crippen LogP contribution < -0.4 is 17.0 Å². The Morgan fingerprint density at radius 3 is 1.45 bits per heavy atom. The summed E-state index contributed by atoms with van der Waals surface area (Å²) < 4.78 is 257. The molecule has 19 rings (SSSR count). The van der Waals surface area contributed by atoms with Gasteiger partial charge in [0.1, 0.15) is 72.0 Å². The Morgan fingerprint density at radius 2 is 0.984 bits per heavy atom. The van der Waals surface area contributed by atoms with Crippen molar-refractivity contribution in [3.05, 3.63) is 249 Å². The fourth-order valence-electron chi connectivity index (χ4n) is 14.8. The smallest absolute Gasteiger partial charge is 0.415 e. The zero-order valence-electron chi connectivity index (χ0n) is 64.6. The van der Waals surface area contributed by atoms with Crippen LogP contribution in [-0.2, 0) is 50.3 Å². The van der Waals surface area contributed by atoms with E-state index in [9.17, 15) is 80.9 Å². The van der Waals surface area contributed by atoms with E-state index in [1.165, 1.54) is 56.1 Å². The Hall–Kier alpha value is -12.2. The van der Waals surface area contributed by atoms with Crippen molar-refractivity contribution in [2.24, 2.45) is 5.84 Å². The number of amides is 1. The van der Waals surface area contributed by atoms with Gasteiger partial charge in [-0.1, -0.05) is 76.3 Å². The number of ether oxygens (including phenoxy) is 7. The van der Waals surface area contributed by atoms with Gasteiger partial charge in [-0.15, -0.1) is 58.4 Å². The van der Waals surface area contributed by atoms with Crippen LogP contribution >= 0.6 is 22.7 Å². The van der Waals surface area contributed by atoms with Gasteiger partial charge in [0.25, 0.3) is 5.91 Å². The number of hydrogen-bond donors (Lipinski definition) is 5. The molecule has 5 saturated heterocycles. The molecule has 5 fully saturated rings. The van der Waals surface area contributed by atoms with Crippen LogP contribution in [0.15, 0.2) is 156 Å². The second-order valence-corrected chi connectivity index (χ2v) is 31.4. The number of hydrazine groups is 1. The van der Waals surface area contributed by atoms with E-state index in [0.29, 0.717) is 10.2 Å². The number of aromatic nitrogens is 16. The molecule has 5 aliphatic heterocycles. The molecule has 14 atom stereocenters. The Labute approximate surface area is 706 Å². The SMILES string of the molecule is Cc1nc2ccc(-n3c([C@H]4C[C@@H](n5cc(-c6cc(F)c(F)c(F)c6)nn5)[C@@H](O)[C@@H](CO)O4)nnc3C(F)(F)F)cc2s1.Cc1nc2ccc(N)cc2s1.Fc1cc(-c2cn([C@@H]3C[C@H](c4nnc(C(F)(F)F)o4)O[C@@H]4CO[C@H](c5ccccc5)O[C@H]34)nn2)cc(F)c1F.NNC(=O)[C@H]1C[C@@H](n2cc(-c3cc(F)c(F)c(F)c3)nn2)[C@H]2O[C@@H](c3ccccc3)OC[C@H]2O1. The molecule has 14 aromatic rings. The first-order valence-electron chi connectivity index (χ1n) is 37.8. The standard InChI is InChI=1S/C25H19F6N7O3S.C24H17F6N5O4.C22H20F3N5O4.C8H8N2S/c1-10-32-15-3-2-12(6-20(15)42-10)38-23(34-35-24(38)25(29,30)31)18-7-17(22(40)19(9-39)41-18)37-8-16(33-36-37)11-4-13(26)21(28)14(27)5-11;25-13-6-12(7-14(26)19(13)27)15-9-35(34-31-15)16-8-17(21-32-33-23(39-21)24(28,29)30)37-18-10-36-22(38-20(16)18)11-4-2-1-3-5-11;23-13-6-12(7-14(24)19(13)25)15-9-30(29-28-15)16-8-17(21(31)27-26)33-18-10-32-22(34-20(16)18)11-4-2-1-3-5-11;1-5-10-7-3-2-6(9)4-8(7)11-5/h2-6,8,17-19,22,39-40H,7,9H2,1H3;1-7,9,16-18,20,22H,8,10H2;1-7,9,16-18,20,22H,8,10,26H2,(H,27,31);2-4H,9H2,1H3/t17-,18-,19-,22-;2*16-,17-,18-,20-,22+;/m111./s1. The maximum Gasteiger partial charge on any atom is 0.470 e. The van der Waals surface area contributed by atoms with E-state index in [4.69, 9.17) is 49.2 Å². The highest BCUT2D eigenvalue weighted by molar-refractivity contribution is 7.18. The summed E-state index contributed by atoms with van der Waals surface area (Å²) in [6.45, 7) is 3.21. The van der Waals surface area contributed by atoms with Gasteiger partial charge in [-0.05, 0) is 86.6 Å². The predicted molar refractivity (Wildman–Crippen MR) is 409 cm³/mol. The van der Waals surface area contributed by atoms with E-state index in [0.717, 1.165) is 78.0 Å². The van der Waals surface area contributed by atoms with Crippen molar-refractivity contribution in [2.45, 2.75) is 131 Å². The second-order valence-electron chi connectivity index (χ2n) is 28.9. The number of hydrogen-bond acceptors (Lipinski definition) is 27. The summed E-state index contributed by atoms with van der Waals surface area (Å²) in [6, 6.07) is 31.0. The molecular formula is C79H64F15N19O11S2. The Morgan fingerprint density at radius 1 is 0.524 bits per heavy atom. The summed E-state index contributed by atoms with van der Waals surface area (Å²) in [4.78, 5) is 20.9. The molecule has 0 aliphatic carbocycles. The molecule has 5 aliphatic rings. The van der Waals surface area contributed by atoms with Crippen LogP contribution in [0.5, 0.6) is 0 Å².